The molecule has 0 aromatic heterocycles. The normalized spacial score (nSPS) is 25.8. The third-order valence-corrected chi connectivity index (χ3v) is 7.08. The summed E-state index contributed by atoms with van der Waals surface area (Å²) in [6.45, 7) is 1.59. The van der Waals surface area contributed by atoms with Gasteiger partial charge in [-0.2, -0.15) is 4.31 Å². The maximum Gasteiger partial charge on any atom is 0.243 e. The minimum absolute atomic E-state index is 0.0523. The Labute approximate surface area is 149 Å². The number of piperidine rings is 1. The minimum Gasteiger partial charge on any atom is -0.348 e. The Bertz CT molecular complexity index is 700. The molecule has 1 aromatic carbocycles. The lowest BCUT2D eigenvalue weighted by atomic mass is 9.83. The second kappa shape index (κ2) is 7.41. The van der Waals surface area contributed by atoms with Crippen molar-refractivity contribution in [2.45, 2.75) is 23.8 Å². The summed E-state index contributed by atoms with van der Waals surface area (Å²) >= 11 is 0. The van der Waals surface area contributed by atoms with Crippen LogP contribution in [0.5, 0.6) is 0 Å². The van der Waals surface area contributed by atoms with Crippen LogP contribution in [0.1, 0.15) is 12.8 Å². The fraction of sp³-hybridized carbons (Fsp3) is 0.588. The summed E-state index contributed by atoms with van der Waals surface area (Å²) in [6, 6.07) is 8.62. The number of carbonyl (C=O) groups is 1. The van der Waals surface area contributed by atoms with Gasteiger partial charge in [-0.3, -0.25) is 15.6 Å². The van der Waals surface area contributed by atoms with Crippen LogP contribution in [0.3, 0.4) is 0 Å². The predicted octanol–water partition coefficient (Wildman–Crippen LogP) is 0.268. The summed E-state index contributed by atoms with van der Waals surface area (Å²) in [5.41, 5.74) is 6.33. The van der Waals surface area contributed by atoms with Crippen molar-refractivity contribution in [2.75, 3.05) is 33.7 Å². The molecule has 7 nitrogen and oxygen atoms in total. The van der Waals surface area contributed by atoms with Crippen LogP contribution < -0.4 is 10.9 Å². The van der Waals surface area contributed by atoms with Crippen LogP contribution in [0.2, 0.25) is 0 Å². The van der Waals surface area contributed by atoms with Gasteiger partial charge in [0.05, 0.1) is 10.8 Å². The SMILES string of the molecule is CN(C)C(=O)C1CNNC1C1CCN(S(=O)(=O)c2ccccc2)CC1. The van der Waals surface area contributed by atoms with Gasteiger partial charge in [-0.15, -0.1) is 0 Å². The molecule has 3 rings (SSSR count). The van der Waals surface area contributed by atoms with Crippen molar-refractivity contribution in [3.05, 3.63) is 30.3 Å². The van der Waals surface area contributed by atoms with Gasteiger partial charge in [0, 0.05) is 39.8 Å². The third kappa shape index (κ3) is 3.72. The lowest BCUT2D eigenvalue weighted by Gasteiger charge is -2.35. The number of sulfonamides is 1. The zero-order chi connectivity index (χ0) is 18.0. The standard InChI is InChI=1S/C17H26N4O3S/c1-20(2)17(22)15-12-18-19-16(15)13-8-10-21(11-9-13)25(23,24)14-6-4-3-5-7-14/h3-7,13,15-16,18-19H,8-12H2,1-2H3. The van der Waals surface area contributed by atoms with E-state index in [0.717, 1.165) is 12.8 Å². The van der Waals surface area contributed by atoms with E-state index >= 15 is 0 Å². The largest absolute Gasteiger partial charge is 0.348 e. The number of benzene rings is 1. The molecule has 2 unspecified atom stereocenters. The van der Waals surface area contributed by atoms with Crippen molar-refractivity contribution in [1.82, 2.24) is 20.1 Å². The van der Waals surface area contributed by atoms with E-state index in [0.29, 0.717) is 24.5 Å². The molecule has 0 spiro atoms. The molecule has 1 amide bonds. The highest BCUT2D eigenvalue weighted by Gasteiger charge is 2.41. The zero-order valence-electron chi connectivity index (χ0n) is 14.7. The molecule has 0 aliphatic carbocycles. The molecule has 2 saturated heterocycles. The van der Waals surface area contributed by atoms with E-state index in [4.69, 9.17) is 0 Å². The maximum atomic E-state index is 12.7. The van der Waals surface area contributed by atoms with Crippen molar-refractivity contribution >= 4 is 15.9 Å². The number of hydrogen-bond donors (Lipinski definition) is 2. The number of hydrogen-bond acceptors (Lipinski definition) is 5. The predicted molar refractivity (Wildman–Crippen MR) is 95.0 cm³/mol. The summed E-state index contributed by atoms with van der Waals surface area (Å²) in [5.74, 6) is 0.297. The van der Waals surface area contributed by atoms with Crippen LogP contribution in [0, 0.1) is 11.8 Å². The number of hydrazine groups is 1. The van der Waals surface area contributed by atoms with Gasteiger partial charge in [0.2, 0.25) is 15.9 Å². The number of carbonyl (C=O) groups excluding carboxylic acids is 1. The first kappa shape index (κ1) is 18.3. The van der Waals surface area contributed by atoms with Crippen LogP contribution in [0.15, 0.2) is 35.2 Å². The molecule has 0 bridgehead atoms. The molecule has 2 N–H and O–H groups in total. The van der Waals surface area contributed by atoms with Crippen molar-refractivity contribution in [1.29, 1.82) is 0 Å². The Hall–Kier alpha value is -1.48. The van der Waals surface area contributed by atoms with Crippen LogP contribution in [-0.2, 0) is 14.8 Å². The molecule has 25 heavy (non-hydrogen) atoms. The van der Waals surface area contributed by atoms with Crippen molar-refractivity contribution in [3.63, 3.8) is 0 Å². The summed E-state index contributed by atoms with van der Waals surface area (Å²) in [7, 11) is 0.111. The van der Waals surface area contributed by atoms with E-state index in [1.807, 2.05) is 6.07 Å². The number of rotatable bonds is 4. The second-order valence-electron chi connectivity index (χ2n) is 6.94. The molecule has 0 radical (unpaired) electrons. The molecule has 2 aliphatic rings. The Kier molecular flexibility index (Phi) is 5.43. The van der Waals surface area contributed by atoms with E-state index < -0.39 is 10.0 Å². The van der Waals surface area contributed by atoms with Crippen molar-refractivity contribution in [3.8, 4) is 0 Å². The Morgan fingerprint density at radius 1 is 1.16 bits per heavy atom. The number of nitrogens with zero attached hydrogens (tertiary/aromatic N) is 2. The van der Waals surface area contributed by atoms with Gasteiger partial charge in [0.1, 0.15) is 0 Å². The van der Waals surface area contributed by atoms with Gasteiger partial charge in [-0.05, 0) is 30.9 Å². The van der Waals surface area contributed by atoms with Gasteiger partial charge in [-0.1, -0.05) is 18.2 Å². The molecule has 138 valence electrons. The Morgan fingerprint density at radius 3 is 2.40 bits per heavy atom. The van der Waals surface area contributed by atoms with Gasteiger partial charge in [0.25, 0.3) is 0 Å². The Morgan fingerprint density at radius 2 is 1.80 bits per heavy atom. The molecular weight excluding hydrogens is 340 g/mol. The van der Waals surface area contributed by atoms with Crippen LogP contribution >= 0.6 is 0 Å². The number of amides is 1. The molecule has 2 fully saturated rings. The molecule has 0 saturated carbocycles. The first-order valence-corrected chi connectivity index (χ1v) is 10.1. The van der Waals surface area contributed by atoms with Crippen molar-refractivity contribution in [2.24, 2.45) is 11.8 Å². The summed E-state index contributed by atoms with van der Waals surface area (Å²) < 4.78 is 27.0. The van der Waals surface area contributed by atoms with Crippen LogP contribution in [0.4, 0.5) is 0 Å². The smallest absolute Gasteiger partial charge is 0.243 e. The van der Waals surface area contributed by atoms with Crippen LogP contribution in [0.25, 0.3) is 0 Å². The van der Waals surface area contributed by atoms with Crippen LogP contribution in [-0.4, -0.2) is 63.3 Å². The fourth-order valence-corrected chi connectivity index (χ4v) is 5.24. The van der Waals surface area contributed by atoms with E-state index in [-0.39, 0.29) is 23.8 Å². The second-order valence-corrected chi connectivity index (χ2v) is 8.88. The molecule has 8 heteroatoms. The number of nitrogens with one attached hydrogen (secondary N) is 2. The quantitative estimate of drug-likeness (QED) is 0.799. The Balaban J connectivity index is 1.65. The van der Waals surface area contributed by atoms with E-state index in [1.165, 1.54) is 0 Å². The lowest BCUT2D eigenvalue weighted by Crippen LogP contribution is -2.48. The topological polar surface area (TPSA) is 81.8 Å². The highest BCUT2D eigenvalue weighted by atomic mass is 32.2. The van der Waals surface area contributed by atoms with Gasteiger partial charge >= 0.3 is 0 Å². The monoisotopic (exact) mass is 366 g/mol. The van der Waals surface area contributed by atoms with Crippen molar-refractivity contribution < 1.29 is 13.2 Å². The summed E-state index contributed by atoms with van der Waals surface area (Å²) in [4.78, 5) is 14.3. The zero-order valence-corrected chi connectivity index (χ0v) is 15.5. The van der Waals surface area contributed by atoms with E-state index in [1.54, 1.807) is 47.6 Å². The molecule has 2 aliphatic heterocycles. The molecule has 2 heterocycles. The van der Waals surface area contributed by atoms with Gasteiger partial charge in [0.15, 0.2) is 0 Å². The van der Waals surface area contributed by atoms with E-state index in [2.05, 4.69) is 10.9 Å². The van der Waals surface area contributed by atoms with Gasteiger partial charge in [-0.25, -0.2) is 8.42 Å². The average Bonchev–Trinajstić information content (AvgIpc) is 3.11. The highest BCUT2D eigenvalue weighted by molar-refractivity contribution is 7.89. The summed E-state index contributed by atoms with van der Waals surface area (Å²) in [5, 5.41) is 0. The van der Waals surface area contributed by atoms with E-state index in [9.17, 15) is 13.2 Å². The lowest BCUT2D eigenvalue weighted by molar-refractivity contribution is -0.133. The molecule has 2 atom stereocenters. The fourth-order valence-electron chi connectivity index (χ4n) is 3.75. The maximum absolute atomic E-state index is 12.7. The average molecular weight is 366 g/mol. The highest BCUT2D eigenvalue weighted by Crippen LogP contribution is 2.29. The first-order valence-electron chi connectivity index (χ1n) is 8.66. The minimum atomic E-state index is -3.43. The first-order chi connectivity index (χ1) is 11.9. The van der Waals surface area contributed by atoms with Gasteiger partial charge < -0.3 is 4.90 Å². The third-order valence-electron chi connectivity index (χ3n) is 5.17. The summed E-state index contributed by atoms with van der Waals surface area (Å²) in [6.07, 6.45) is 1.51. The molecule has 1 aromatic rings. The molecular formula is C17H26N4O3S.